The van der Waals surface area contributed by atoms with Crippen molar-refractivity contribution in [3.63, 3.8) is 0 Å². The van der Waals surface area contributed by atoms with E-state index in [-0.39, 0.29) is 11.3 Å². The van der Waals surface area contributed by atoms with Crippen LogP contribution in [0.2, 0.25) is 0 Å². The van der Waals surface area contributed by atoms with Crippen LogP contribution >= 0.6 is 0 Å². The van der Waals surface area contributed by atoms with E-state index in [1.54, 1.807) is 6.92 Å². The molecule has 4 nitrogen and oxygen atoms in total. The lowest BCUT2D eigenvalue weighted by molar-refractivity contribution is -0.872. The van der Waals surface area contributed by atoms with Crippen LogP contribution in [0.5, 0.6) is 0 Å². The summed E-state index contributed by atoms with van der Waals surface area (Å²) in [5, 5.41) is 9.40. The fourth-order valence-electron chi connectivity index (χ4n) is 0.886. The maximum atomic E-state index is 11.2. The average molecular weight is 189 g/mol. The summed E-state index contributed by atoms with van der Waals surface area (Å²) >= 11 is 0. The Kier molecular flexibility index (Phi) is 5.82. The Bertz CT molecular complexity index is 194. The Labute approximate surface area is 79.4 Å². The predicted octanol–water partition coefficient (Wildman–Crippen LogP) is 0.0219. The largest absolute Gasteiger partial charge is 0.870 e. The third-order valence-corrected chi connectivity index (χ3v) is 1.44. The van der Waals surface area contributed by atoms with Gasteiger partial charge in [0.25, 0.3) is 0 Å². The lowest BCUT2D eigenvalue weighted by atomic mass is 10.1. The molecule has 0 aliphatic heterocycles. The first-order chi connectivity index (χ1) is 5.24. The van der Waals surface area contributed by atoms with Crippen LogP contribution in [0.25, 0.3) is 0 Å². The molecule has 0 saturated heterocycles. The summed E-state index contributed by atoms with van der Waals surface area (Å²) in [4.78, 5) is 11.2. The van der Waals surface area contributed by atoms with Crippen LogP contribution in [0.1, 0.15) is 6.92 Å². The van der Waals surface area contributed by atoms with Gasteiger partial charge in [0, 0.05) is 0 Å². The van der Waals surface area contributed by atoms with E-state index in [4.69, 9.17) is 0 Å². The summed E-state index contributed by atoms with van der Waals surface area (Å²) in [5.74, 6) is -0.261. The van der Waals surface area contributed by atoms with Crippen LogP contribution in [-0.4, -0.2) is 54.6 Å². The van der Waals surface area contributed by atoms with E-state index in [1.807, 2.05) is 21.1 Å². The molecular weight excluding hydrogens is 170 g/mol. The van der Waals surface area contributed by atoms with Gasteiger partial charge in [-0.1, -0.05) is 6.58 Å². The standard InChI is InChI=1S/C9H18NO2.H2O/c1-7(2)9(12)8(11)6-10(3,4)5;/h8,11H,1,6H2,2-5H3;1H2/q+1;/p-1. The van der Waals surface area contributed by atoms with E-state index in [0.29, 0.717) is 16.6 Å². The summed E-state index contributed by atoms with van der Waals surface area (Å²) in [6, 6.07) is 0. The number of Topliss-reactive ketones (excluding diaryl/α,β-unsaturated/α-hetero) is 1. The first-order valence-electron chi connectivity index (χ1n) is 3.92. The molecule has 78 valence electrons. The Morgan fingerprint density at radius 2 is 1.85 bits per heavy atom. The highest BCUT2D eigenvalue weighted by molar-refractivity contribution is 5.97. The molecule has 0 aromatic heterocycles. The molecule has 0 aliphatic rings. The number of nitrogens with zero attached hydrogens (tertiary/aromatic N) is 1. The van der Waals surface area contributed by atoms with E-state index in [1.165, 1.54) is 0 Å². The van der Waals surface area contributed by atoms with E-state index < -0.39 is 6.10 Å². The van der Waals surface area contributed by atoms with Gasteiger partial charge < -0.3 is 15.1 Å². The van der Waals surface area contributed by atoms with Crippen LogP contribution in [-0.2, 0) is 4.79 Å². The summed E-state index contributed by atoms with van der Waals surface area (Å²) in [6.45, 7) is 5.52. The summed E-state index contributed by atoms with van der Waals surface area (Å²) < 4.78 is 0.570. The number of carbonyl (C=O) groups excluding carboxylic acids is 1. The minimum absolute atomic E-state index is 0. The average Bonchev–Trinajstić information content (AvgIpc) is 1.82. The summed E-state index contributed by atoms with van der Waals surface area (Å²) in [6.07, 6.45) is -0.914. The Morgan fingerprint density at radius 3 is 2.08 bits per heavy atom. The molecule has 2 N–H and O–H groups in total. The van der Waals surface area contributed by atoms with E-state index >= 15 is 0 Å². The van der Waals surface area contributed by atoms with Crippen molar-refractivity contribution in [3.05, 3.63) is 12.2 Å². The quantitative estimate of drug-likeness (QED) is 0.501. The van der Waals surface area contributed by atoms with E-state index in [9.17, 15) is 9.90 Å². The van der Waals surface area contributed by atoms with Crippen molar-refractivity contribution < 1.29 is 19.9 Å². The molecule has 0 fully saturated rings. The van der Waals surface area contributed by atoms with Gasteiger partial charge in [-0.15, -0.1) is 0 Å². The molecule has 13 heavy (non-hydrogen) atoms. The Hall–Kier alpha value is -0.710. The van der Waals surface area contributed by atoms with Crippen molar-refractivity contribution in [2.75, 3.05) is 27.7 Å². The van der Waals surface area contributed by atoms with Crippen molar-refractivity contribution in [3.8, 4) is 0 Å². The van der Waals surface area contributed by atoms with Gasteiger partial charge in [0.2, 0.25) is 0 Å². The van der Waals surface area contributed by atoms with Crippen LogP contribution in [0.15, 0.2) is 12.2 Å². The lowest BCUT2D eigenvalue weighted by Gasteiger charge is -2.26. The molecule has 0 spiro atoms. The van der Waals surface area contributed by atoms with Crippen LogP contribution in [0.3, 0.4) is 0 Å². The third-order valence-electron chi connectivity index (χ3n) is 1.44. The van der Waals surface area contributed by atoms with Gasteiger partial charge in [-0.2, -0.15) is 0 Å². The number of rotatable bonds is 4. The first-order valence-corrected chi connectivity index (χ1v) is 3.92. The van der Waals surface area contributed by atoms with Crippen molar-refractivity contribution in [2.24, 2.45) is 0 Å². The zero-order valence-corrected chi connectivity index (χ0v) is 8.74. The molecule has 4 heteroatoms. The van der Waals surface area contributed by atoms with Gasteiger partial charge in [0.05, 0.1) is 21.1 Å². The molecule has 0 bridgehead atoms. The maximum absolute atomic E-state index is 11.2. The number of likely N-dealkylation sites (N-methyl/N-ethyl adjacent to an activating group) is 1. The minimum atomic E-state index is -0.914. The van der Waals surface area contributed by atoms with Crippen molar-refractivity contribution in [2.45, 2.75) is 13.0 Å². The molecule has 0 saturated carbocycles. The number of quaternary nitrogens is 1. The zero-order valence-electron chi connectivity index (χ0n) is 8.74. The molecule has 0 amide bonds. The molecule has 0 aliphatic carbocycles. The minimum Gasteiger partial charge on any atom is -0.870 e. The molecule has 0 radical (unpaired) electrons. The normalized spacial score (nSPS) is 13.0. The molecule has 0 heterocycles. The smallest absolute Gasteiger partial charge is 0.192 e. The van der Waals surface area contributed by atoms with Gasteiger partial charge in [0.15, 0.2) is 11.9 Å². The number of ketones is 1. The van der Waals surface area contributed by atoms with Crippen LogP contribution < -0.4 is 0 Å². The summed E-state index contributed by atoms with van der Waals surface area (Å²) in [5.41, 5.74) is 0.413. The predicted molar refractivity (Wildman–Crippen MR) is 50.7 cm³/mol. The molecular formula is C9H19NO3. The molecule has 0 rings (SSSR count). The zero-order chi connectivity index (χ0) is 9.94. The van der Waals surface area contributed by atoms with Gasteiger partial charge in [-0.3, -0.25) is 4.79 Å². The maximum Gasteiger partial charge on any atom is 0.192 e. The summed E-state index contributed by atoms with van der Waals surface area (Å²) in [7, 11) is 5.78. The van der Waals surface area contributed by atoms with Gasteiger partial charge in [-0.25, -0.2) is 0 Å². The van der Waals surface area contributed by atoms with Crippen molar-refractivity contribution >= 4 is 5.78 Å². The highest BCUT2D eigenvalue weighted by atomic mass is 16.3. The van der Waals surface area contributed by atoms with Gasteiger partial charge in [-0.05, 0) is 12.5 Å². The SMILES string of the molecule is C=C(C)C(=O)C(O)C[N+](C)(C)C.[OH-]. The number of carbonyl (C=O) groups is 1. The number of hydrogen-bond acceptors (Lipinski definition) is 3. The second-order valence-corrected chi connectivity index (χ2v) is 4.13. The Balaban J connectivity index is 0. The Morgan fingerprint density at radius 1 is 1.46 bits per heavy atom. The number of hydrogen-bond donors (Lipinski definition) is 1. The highest BCUT2D eigenvalue weighted by Gasteiger charge is 2.22. The molecule has 1 atom stereocenters. The fourth-order valence-corrected chi connectivity index (χ4v) is 0.886. The third kappa shape index (κ3) is 6.45. The van der Waals surface area contributed by atoms with Crippen LogP contribution in [0, 0.1) is 0 Å². The fraction of sp³-hybridized carbons (Fsp3) is 0.667. The van der Waals surface area contributed by atoms with Crippen molar-refractivity contribution in [1.82, 2.24) is 0 Å². The second kappa shape index (κ2) is 5.11. The van der Waals surface area contributed by atoms with E-state index in [2.05, 4.69) is 6.58 Å². The first kappa shape index (κ1) is 14.8. The van der Waals surface area contributed by atoms with E-state index in [0.717, 1.165) is 0 Å². The van der Waals surface area contributed by atoms with Crippen molar-refractivity contribution in [1.29, 1.82) is 0 Å². The number of aliphatic hydroxyl groups excluding tert-OH is 1. The lowest BCUT2D eigenvalue weighted by Crippen LogP contribution is -2.44. The van der Waals surface area contributed by atoms with Gasteiger partial charge >= 0.3 is 0 Å². The monoisotopic (exact) mass is 189 g/mol. The number of aliphatic hydroxyl groups is 1. The second-order valence-electron chi connectivity index (χ2n) is 4.13. The molecule has 1 unspecified atom stereocenters. The molecule has 0 aromatic rings. The van der Waals surface area contributed by atoms with Crippen LogP contribution in [0.4, 0.5) is 0 Å². The molecule has 0 aromatic carbocycles. The topological polar surface area (TPSA) is 67.3 Å². The highest BCUT2D eigenvalue weighted by Crippen LogP contribution is 2.01. The van der Waals surface area contributed by atoms with Gasteiger partial charge in [0.1, 0.15) is 6.54 Å².